The van der Waals surface area contributed by atoms with Crippen LogP contribution in [-0.4, -0.2) is 62.6 Å². The van der Waals surface area contributed by atoms with Gasteiger partial charge >= 0.3 is 11.8 Å². The second kappa shape index (κ2) is 8.81. The molecule has 1 fully saturated rings. The van der Waals surface area contributed by atoms with Crippen LogP contribution in [0.1, 0.15) is 12.8 Å². The van der Waals surface area contributed by atoms with Gasteiger partial charge in [-0.3, -0.25) is 9.59 Å². The summed E-state index contributed by atoms with van der Waals surface area (Å²) in [4.78, 5) is 23.9. The number of hydrogen-bond donors (Lipinski definition) is 2. The van der Waals surface area contributed by atoms with Gasteiger partial charge in [0.1, 0.15) is 0 Å². The van der Waals surface area contributed by atoms with E-state index in [1.165, 1.54) is 22.7 Å². The second-order valence-electron chi connectivity index (χ2n) is 6.28. The molecular formula is C16H23ClN4O4S. The SMILES string of the molecule is CN(C)S(=O)(=O)N1CCC(CNC(=O)C(=O)Nc2ccccc2Cl)CC1. The summed E-state index contributed by atoms with van der Waals surface area (Å²) in [6, 6.07) is 6.65. The maximum Gasteiger partial charge on any atom is 0.313 e. The lowest BCUT2D eigenvalue weighted by Crippen LogP contribution is -2.46. The number of amides is 2. The van der Waals surface area contributed by atoms with E-state index < -0.39 is 22.0 Å². The van der Waals surface area contributed by atoms with Gasteiger partial charge in [0.15, 0.2) is 0 Å². The molecule has 1 aliphatic rings. The number of nitrogens with zero attached hydrogens (tertiary/aromatic N) is 2. The van der Waals surface area contributed by atoms with Gasteiger partial charge in [-0.2, -0.15) is 17.0 Å². The van der Waals surface area contributed by atoms with Crippen molar-refractivity contribution in [3.8, 4) is 0 Å². The monoisotopic (exact) mass is 402 g/mol. The average molecular weight is 403 g/mol. The van der Waals surface area contributed by atoms with Gasteiger partial charge in [0.2, 0.25) is 0 Å². The summed E-state index contributed by atoms with van der Waals surface area (Å²) in [5.74, 6) is -1.40. The molecule has 0 unspecified atom stereocenters. The minimum Gasteiger partial charge on any atom is -0.348 e. The summed E-state index contributed by atoms with van der Waals surface area (Å²) in [5.41, 5.74) is 0.372. The zero-order valence-corrected chi connectivity index (χ0v) is 16.3. The Kier molecular flexibility index (Phi) is 6.99. The van der Waals surface area contributed by atoms with Crippen LogP contribution < -0.4 is 10.6 Å². The fourth-order valence-corrected chi connectivity index (χ4v) is 3.95. The average Bonchev–Trinajstić information content (AvgIpc) is 2.61. The second-order valence-corrected chi connectivity index (χ2v) is 8.83. The highest BCUT2D eigenvalue weighted by molar-refractivity contribution is 7.86. The van der Waals surface area contributed by atoms with Crippen LogP contribution in [-0.2, 0) is 19.8 Å². The largest absolute Gasteiger partial charge is 0.348 e. The summed E-state index contributed by atoms with van der Waals surface area (Å²) in [6.07, 6.45) is 1.25. The van der Waals surface area contributed by atoms with Crippen LogP contribution in [0.4, 0.5) is 5.69 Å². The van der Waals surface area contributed by atoms with Gasteiger partial charge in [0.05, 0.1) is 10.7 Å². The fraction of sp³-hybridized carbons (Fsp3) is 0.500. The van der Waals surface area contributed by atoms with Crippen LogP contribution >= 0.6 is 11.6 Å². The van der Waals surface area contributed by atoms with E-state index >= 15 is 0 Å². The van der Waals surface area contributed by atoms with Gasteiger partial charge in [-0.25, -0.2) is 0 Å². The number of piperidine rings is 1. The molecule has 0 aliphatic carbocycles. The minimum atomic E-state index is -3.40. The quantitative estimate of drug-likeness (QED) is 0.715. The van der Waals surface area contributed by atoms with Crippen LogP contribution in [0.3, 0.4) is 0 Å². The van der Waals surface area contributed by atoms with Crippen LogP contribution in [0.2, 0.25) is 5.02 Å². The lowest BCUT2D eigenvalue weighted by molar-refractivity contribution is -0.136. The zero-order valence-electron chi connectivity index (χ0n) is 14.7. The summed E-state index contributed by atoms with van der Waals surface area (Å²) in [5, 5.41) is 5.41. The highest BCUT2D eigenvalue weighted by atomic mass is 35.5. The fourth-order valence-electron chi connectivity index (χ4n) is 2.63. The van der Waals surface area contributed by atoms with Crippen LogP contribution in [0.25, 0.3) is 0 Å². The molecule has 1 saturated heterocycles. The molecule has 2 amide bonds. The normalized spacial score (nSPS) is 16.5. The number of anilines is 1. The van der Waals surface area contributed by atoms with Crippen molar-refractivity contribution in [1.29, 1.82) is 0 Å². The first-order valence-electron chi connectivity index (χ1n) is 8.23. The third kappa shape index (κ3) is 5.16. The molecule has 8 nitrogen and oxygen atoms in total. The van der Waals surface area contributed by atoms with E-state index in [1.807, 2.05) is 0 Å². The maximum atomic E-state index is 12.1. The molecule has 1 aromatic carbocycles. The first-order chi connectivity index (χ1) is 12.2. The molecule has 1 aromatic rings. The molecule has 1 heterocycles. The molecule has 2 rings (SSSR count). The van der Waals surface area contributed by atoms with Gasteiger partial charge in [0.25, 0.3) is 10.2 Å². The maximum absolute atomic E-state index is 12.1. The van der Waals surface area contributed by atoms with E-state index in [1.54, 1.807) is 24.3 Å². The third-order valence-electron chi connectivity index (χ3n) is 4.24. The van der Waals surface area contributed by atoms with Crippen LogP contribution in [0.5, 0.6) is 0 Å². The number of benzene rings is 1. The Hall–Kier alpha value is -1.68. The van der Waals surface area contributed by atoms with Crippen molar-refractivity contribution in [3.05, 3.63) is 29.3 Å². The Morgan fingerprint density at radius 1 is 1.19 bits per heavy atom. The zero-order chi connectivity index (χ0) is 19.3. The van der Waals surface area contributed by atoms with Crippen molar-refractivity contribution >= 4 is 39.3 Å². The number of hydrogen-bond acceptors (Lipinski definition) is 4. The molecule has 0 atom stereocenters. The smallest absolute Gasteiger partial charge is 0.313 e. The molecule has 0 aromatic heterocycles. The molecule has 0 radical (unpaired) electrons. The minimum absolute atomic E-state index is 0.126. The van der Waals surface area contributed by atoms with Gasteiger partial charge in [0, 0.05) is 33.7 Å². The van der Waals surface area contributed by atoms with Crippen molar-refractivity contribution in [2.45, 2.75) is 12.8 Å². The number of rotatable bonds is 5. The summed E-state index contributed by atoms with van der Waals surface area (Å²) in [6.45, 7) is 1.12. The Balaban J connectivity index is 1.78. The number of carbonyl (C=O) groups excluding carboxylic acids is 2. The van der Waals surface area contributed by atoms with Crippen molar-refractivity contribution < 1.29 is 18.0 Å². The molecule has 10 heteroatoms. The summed E-state index contributed by atoms with van der Waals surface area (Å²) >= 11 is 5.94. The molecular weight excluding hydrogens is 380 g/mol. The summed E-state index contributed by atoms with van der Waals surface area (Å²) in [7, 11) is -0.406. The molecule has 0 spiro atoms. The first kappa shape index (κ1) is 20.6. The lowest BCUT2D eigenvalue weighted by atomic mass is 9.98. The van der Waals surface area contributed by atoms with Crippen molar-refractivity contribution in [2.24, 2.45) is 5.92 Å². The Labute approximate surface area is 158 Å². The Morgan fingerprint density at radius 2 is 1.81 bits per heavy atom. The predicted molar refractivity (Wildman–Crippen MR) is 100.0 cm³/mol. The van der Waals surface area contributed by atoms with E-state index in [2.05, 4.69) is 10.6 Å². The molecule has 2 N–H and O–H groups in total. The Bertz CT molecular complexity index is 761. The number of para-hydroxylation sites is 1. The van der Waals surface area contributed by atoms with Crippen LogP contribution in [0.15, 0.2) is 24.3 Å². The molecule has 1 aliphatic heterocycles. The lowest BCUT2D eigenvalue weighted by Gasteiger charge is -2.32. The Morgan fingerprint density at radius 3 is 2.38 bits per heavy atom. The van der Waals surface area contributed by atoms with Gasteiger partial charge < -0.3 is 10.6 Å². The topological polar surface area (TPSA) is 98.8 Å². The number of nitrogens with one attached hydrogen (secondary N) is 2. The standard InChI is InChI=1S/C16H23ClN4O4S/c1-20(2)26(24,25)21-9-7-12(8-10-21)11-18-15(22)16(23)19-14-6-4-3-5-13(14)17/h3-6,12H,7-11H2,1-2H3,(H,18,22)(H,19,23). The van der Waals surface area contributed by atoms with E-state index in [4.69, 9.17) is 11.6 Å². The highest BCUT2D eigenvalue weighted by Crippen LogP contribution is 2.21. The van der Waals surface area contributed by atoms with E-state index in [-0.39, 0.29) is 5.92 Å². The van der Waals surface area contributed by atoms with Gasteiger partial charge in [-0.15, -0.1) is 0 Å². The van der Waals surface area contributed by atoms with Crippen molar-refractivity contribution in [2.75, 3.05) is 39.0 Å². The van der Waals surface area contributed by atoms with E-state index in [9.17, 15) is 18.0 Å². The molecule has 26 heavy (non-hydrogen) atoms. The van der Waals surface area contributed by atoms with E-state index in [0.29, 0.717) is 43.2 Å². The molecule has 0 bridgehead atoms. The summed E-state index contributed by atoms with van der Waals surface area (Å²) < 4.78 is 26.7. The number of halogens is 1. The number of carbonyl (C=O) groups is 2. The first-order valence-corrected chi connectivity index (χ1v) is 10.0. The molecule has 0 saturated carbocycles. The van der Waals surface area contributed by atoms with Crippen LogP contribution in [0, 0.1) is 5.92 Å². The third-order valence-corrected chi connectivity index (χ3v) is 6.51. The van der Waals surface area contributed by atoms with Crippen molar-refractivity contribution in [3.63, 3.8) is 0 Å². The van der Waals surface area contributed by atoms with Crippen molar-refractivity contribution in [1.82, 2.24) is 13.9 Å². The predicted octanol–water partition coefficient (Wildman–Crippen LogP) is 0.913. The van der Waals surface area contributed by atoms with Gasteiger partial charge in [-0.1, -0.05) is 23.7 Å². The van der Waals surface area contributed by atoms with Gasteiger partial charge in [-0.05, 0) is 30.9 Å². The highest BCUT2D eigenvalue weighted by Gasteiger charge is 2.29. The van der Waals surface area contributed by atoms with E-state index in [0.717, 1.165) is 0 Å². The molecule has 144 valence electrons.